The minimum absolute atomic E-state index is 0.103. The largest absolute Gasteiger partial charge is 0.353 e. The van der Waals surface area contributed by atoms with Gasteiger partial charge in [0.2, 0.25) is 11.8 Å². The Labute approximate surface area is 160 Å². The fourth-order valence-electron chi connectivity index (χ4n) is 4.39. The van der Waals surface area contributed by atoms with Crippen LogP contribution in [0.2, 0.25) is 5.02 Å². The molecule has 1 aromatic rings. The van der Waals surface area contributed by atoms with Gasteiger partial charge in [0.1, 0.15) is 0 Å². The minimum atomic E-state index is -0.115. The molecule has 26 heavy (non-hydrogen) atoms. The first-order valence-electron chi connectivity index (χ1n) is 9.46. The number of halogens is 1. The molecule has 0 spiro atoms. The zero-order valence-corrected chi connectivity index (χ0v) is 16.1. The molecule has 4 nitrogen and oxygen atoms in total. The van der Waals surface area contributed by atoms with Crippen LogP contribution in [0.25, 0.3) is 6.08 Å². The van der Waals surface area contributed by atoms with E-state index in [0.29, 0.717) is 29.2 Å². The summed E-state index contributed by atoms with van der Waals surface area (Å²) in [6, 6.07) is 7.71. The SMILES string of the molecule is CC(C)C1CC(=O)NC2CC(NC(=O)/C=C/c3ccccc3Cl)CCC21. The number of hydrogen-bond donors (Lipinski definition) is 2. The molecule has 1 saturated carbocycles. The molecule has 1 saturated heterocycles. The second-order valence-corrected chi connectivity index (χ2v) is 8.23. The number of rotatable bonds is 4. The van der Waals surface area contributed by atoms with Crippen LogP contribution in [0, 0.1) is 17.8 Å². The van der Waals surface area contributed by atoms with Gasteiger partial charge < -0.3 is 10.6 Å². The van der Waals surface area contributed by atoms with Gasteiger partial charge in [0.25, 0.3) is 0 Å². The van der Waals surface area contributed by atoms with E-state index in [1.807, 2.05) is 18.2 Å². The fraction of sp³-hybridized carbons (Fsp3) is 0.524. The summed E-state index contributed by atoms with van der Waals surface area (Å²) in [6.07, 6.45) is 6.73. The van der Waals surface area contributed by atoms with E-state index in [0.717, 1.165) is 24.8 Å². The Morgan fingerprint density at radius 2 is 2.08 bits per heavy atom. The van der Waals surface area contributed by atoms with Gasteiger partial charge in [-0.15, -0.1) is 0 Å². The first-order chi connectivity index (χ1) is 12.4. The molecule has 2 fully saturated rings. The standard InChI is InChI=1S/C21H27ClN2O2/c1-13(2)17-12-21(26)24-19-11-15(8-9-16(17)19)23-20(25)10-7-14-5-3-4-6-18(14)22/h3-7,10,13,15-17,19H,8-9,11-12H2,1-2H3,(H,23,25)(H,24,26)/b10-7+. The summed E-state index contributed by atoms with van der Waals surface area (Å²) in [4.78, 5) is 24.3. The maximum atomic E-state index is 12.3. The highest BCUT2D eigenvalue weighted by atomic mass is 35.5. The van der Waals surface area contributed by atoms with E-state index in [1.54, 1.807) is 12.1 Å². The molecule has 0 aromatic heterocycles. The molecule has 1 aliphatic heterocycles. The molecule has 1 heterocycles. The summed E-state index contributed by atoms with van der Waals surface area (Å²) >= 11 is 6.11. The predicted octanol–water partition coefficient (Wildman–Crippen LogP) is 3.80. The van der Waals surface area contributed by atoms with Crippen molar-refractivity contribution in [1.29, 1.82) is 0 Å². The van der Waals surface area contributed by atoms with Crippen molar-refractivity contribution in [3.63, 3.8) is 0 Å². The molecular weight excluding hydrogens is 348 g/mol. The molecule has 3 rings (SSSR count). The van der Waals surface area contributed by atoms with Crippen molar-refractivity contribution in [3.05, 3.63) is 40.9 Å². The van der Waals surface area contributed by atoms with E-state index in [9.17, 15) is 9.59 Å². The summed E-state index contributed by atoms with van der Waals surface area (Å²) in [5, 5.41) is 6.85. The van der Waals surface area contributed by atoms with Gasteiger partial charge in [-0.3, -0.25) is 9.59 Å². The normalized spacial score (nSPS) is 28.7. The summed E-state index contributed by atoms with van der Waals surface area (Å²) in [6.45, 7) is 4.40. The summed E-state index contributed by atoms with van der Waals surface area (Å²) in [7, 11) is 0. The van der Waals surface area contributed by atoms with E-state index >= 15 is 0 Å². The third-order valence-corrected chi connectivity index (χ3v) is 6.09. The number of hydrogen-bond acceptors (Lipinski definition) is 2. The lowest BCUT2D eigenvalue weighted by atomic mass is 9.67. The molecule has 5 heteroatoms. The third kappa shape index (κ3) is 4.47. The quantitative estimate of drug-likeness (QED) is 0.787. The number of piperidine rings is 1. The van der Waals surface area contributed by atoms with Crippen LogP contribution < -0.4 is 10.6 Å². The average Bonchev–Trinajstić information content (AvgIpc) is 2.60. The van der Waals surface area contributed by atoms with E-state index in [4.69, 9.17) is 11.6 Å². The molecule has 4 unspecified atom stereocenters. The number of nitrogens with one attached hydrogen (secondary N) is 2. The molecule has 2 N–H and O–H groups in total. The lowest BCUT2D eigenvalue weighted by Gasteiger charge is -2.45. The van der Waals surface area contributed by atoms with E-state index < -0.39 is 0 Å². The first-order valence-corrected chi connectivity index (χ1v) is 9.84. The molecule has 2 aliphatic rings. The Morgan fingerprint density at radius 3 is 2.81 bits per heavy atom. The van der Waals surface area contributed by atoms with Crippen molar-refractivity contribution in [2.75, 3.05) is 0 Å². The van der Waals surface area contributed by atoms with Crippen molar-refractivity contribution in [2.45, 2.75) is 51.6 Å². The van der Waals surface area contributed by atoms with Crippen molar-refractivity contribution in [3.8, 4) is 0 Å². The Kier molecular flexibility index (Phi) is 6.02. The fourth-order valence-corrected chi connectivity index (χ4v) is 4.59. The van der Waals surface area contributed by atoms with Gasteiger partial charge in [0, 0.05) is 29.6 Å². The highest BCUT2D eigenvalue weighted by molar-refractivity contribution is 6.32. The lowest BCUT2D eigenvalue weighted by Crippen LogP contribution is -2.56. The summed E-state index contributed by atoms with van der Waals surface area (Å²) in [5.74, 6) is 1.52. The Morgan fingerprint density at radius 1 is 1.31 bits per heavy atom. The van der Waals surface area contributed by atoms with Crippen LogP contribution in [0.5, 0.6) is 0 Å². The van der Waals surface area contributed by atoms with Gasteiger partial charge in [-0.05, 0) is 54.7 Å². The predicted molar refractivity (Wildman–Crippen MR) is 105 cm³/mol. The highest BCUT2D eigenvalue weighted by Crippen LogP contribution is 2.39. The molecular formula is C21H27ClN2O2. The van der Waals surface area contributed by atoms with Gasteiger partial charge in [-0.2, -0.15) is 0 Å². The number of carbonyl (C=O) groups is 2. The van der Waals surface area contributed by atoms with Crippen LogP contribution in [0.15, 0.2) is 30.3 Å². The summed E-state index contributed by atoms with van der Waals surface area (Å²) in [5.41, 5.74) is 0.826. The zero-order chi connectivity index (χ0) is 18.7. The van der Waals surface area contributed by atoms with Crippen LogP contribution >= 0.6 is 11.6 Å². The van der Waals surface area contributed by atoms with Gasteiger partial charge in [0.05, 0.1) is 0 Å². The Bertz CT molecular complexity index is 701. The number of benzene rings is 1. The molecule has 1 aromatic carbocycles. The second kappa shape index (κ2) is 8.26. The topological polar surface area (TPSA) is 58.2 Å². The van der Waals surface area contributed by atoms with Gasteiger partial charge in [-0.1, -0.05) is 43.6 Å². The minimum Gasteiger partial charge on any atom is -0.353 e. The Balaban J connectivity index is 1.58. The number of fused-ring (bicyclic) bond motifs is 1. The lowest BCUT2D eigenvalue weighted by molar-refractivity contribution is -0.128. The van der Waals surface area contributed by atoms with E-state index in [2.05, 4.69) is 24.5 Å². The van der Waals surface area contributed by atoms with Crippen LogP contribution in [0.3, 0.4) is 0 Å². The van der Waals surface area contributed by atoms with Crippen LogP contribution in [-0.4, -0.2) is 23.9 Å². The highest BCUT2D eigenvalue weighted by Gasteiger charge is 2.41. The maximum Gasteiger partial charge on any atom is 0.244 e. The van der Waals surface area contributed by atoms with Crippen LogP contribution in [-0.2, 0) is 9.59 Å². The third-order valence-electron chi connectivity index (χ3n) is 5.74. The van der Waals surface area contributed by atoms with E-state index in [-0.39, 0.29) is 23.9 Å². The smallest absolute Gasteiger partial charge is 0.244 e. The van der Waals surface area contributed by atoms with Crippen molar-refractivity contribution >= 4 is 29.5 Å². The molecule has 140 valence electrons. The summed E-state index contributed by atoms with van der Waals surface area (Å²) < 4.78 is 0. The molecule has 0 radical (unpaired) electrons. The Hall–Kier alpha value is -1.81. The molecule has 1 aliphatic carbocycles. The van der Waals surface area contributed by atoms with Crippen molar-refractivity contribution < 1.29 is 9.59 Å². The molecule has 4 atom stereocenters. The second-order valence-electron chi connectivity index (χ2n) is 7.82. The van der Waals surface area contributed by atoms with Crippen LogP contribution in [0.1, 0.15) is 45.1 Å². The van der Waals surface area contributed by atoms with Gasteiger partial charge in [-0.25, -0.2) is 0 Å². The van der Waals surface area contributed by atoms with Crippen LogP contribution in [0.4, 0.5) is 0 Å². The number of carbonyl (C=O) groups excluding carboxylic acids is 2. The number of amides is 2. The monoisotopic (exact) mass is 374 g/mol. The average molecular weight is 375 g/mol. The zero-order valence-electron chi connectivity index (χ0n) is 15.4. The van der Waals surface area contributed by atoms with Crippen molar-refractivity contribution in [2.24, 2.45) is 17.8 Å². The molecule has 0 bridgehead atoms. The van der Waals surface area contributed by atoms with Gasteiger partial charge in [0.15, 0.2) is 0 Å². The van der Waals surface area contributed by atoms with Gasteiger partial charge >= 0.3 is 0 Å². The first kappa shape index (κ1) is 19.0. The van der Waals surface area contributed by atoms with Crippen molar-refractivity contribution in [1.82, 2.24) is 10.6 Å². The molecule has 2 amide bonds. The van der Waals surface area contributed by atoms with E-state index in [1.165, 1.54) is 6.08 Å². The maximum absolute atomic E-state index is 12.3.